The van der Waals surface area contributed by atoms with Crippen molar-refractivity contribution in [3.63, 3.8) is 0 Å². The van der Waals surface area contributed by atoms with Gasteiger partial charge in [-0.15, -0.1) is 11.3 Å². The molecule has 0 saturated heterocycles. The van der Waals surface area contributed by atoms with Crippen molar-refractivity contribution < 1.29 is 4.79 Å². The van der Waals surface area contributed by atoms with E-state index < -0.39 is 0 Å². The summed E-state index contributed by atoms with van der Waals surface area (Å²) < 4.78 is 0. The highest BCUT2D eigenvalue weighted by atomic mass is 35.5. The van der Waals surface area contributed by atoms with Crippen LogP contribution in [0, 0.1) is 0 Å². The fourth-order valence-electron chi connectivity index (χ4n) is 3.19. The van der Waals surface area contributed by atoms with Crippen LogP contribution in [-0.4, -0.2) is 21.6 Å². The van der Waals surface area contributed by atoms with Crippen molar-refractivity contribution in [1.29, 1.82) is 0 Å². The van der Waals surface area contributed by atoms with Crippen LogP contribution in [0.5, 0.6) is 0 Å². The molecular weight excluding hydrogens is 386 g/mol. The molecule has 0 atom stereocenters. The van der Waals surface area contributed by atoms with Crippen molar-refractivity contribution in [2.24, 2.45) is 0 Å². The molecule has 0 radical (unpaired) electrons. The van der Waals surface area contributed by atoms with E-state index in [2.05, 4.69) is 15.3 Å². The molecule has 4 rings (SSSR count). The van der Waals surface area contributed by atoms with Gasteiger partial charge in [-0.3, -0.25) is 4.79 Å². The van der Waals surface area contributed by atoms with Crippen LogP contribution in [0.4, 0.5) is 0 Å². The van der Waals surface area contributed by atoms with Crippen LogP contribution < -0.4 is 5.32 Å². The number of aromatic nitrogens is 2. The highest BCUT2D eigenvalue weighted by Gasteiger charge is 2.20. The summed E-state index contributed by atoms with van der Waals surface area (Å²) in [6.07, 6.45) is 6.30. The Hall–Kier alpha value is -1.63. The lowest BCUT2D eigenvalue weighted by Crippen LogP contribution is -2.24. The number of hydrogen-bond donors (Lipinski definition) is 1. The largest absolute Gasteiger partial charge is 0.351 e. The van der Waals surface area contributed by atoms with Crippen LogP contribution in [0.1, 0.15) is 28.8 Å². The molecule has 7 heteroatoms. The Morgan fingerprint density at radius 1 is 1.23 bits per heavy atom. The number of thiophene rings is 1. The van der Waals surface area contributed by atoms with Gasteiger partial charge in [0.15, 0.2) is 0 Å². The number of aryl methyl sites for hydroxylation is 2. The fourth-order valence-corrected chi connectivity index (χ4v) is 5.54. The summed E-state index contributed by atoms with van der Waals surface area (Å²) in [5, 5.41) is 5.68. The SMILES string of the molecule is O=C(CSc1ncnc2sc3c(c12)CCCC3)NCc1ccccc1Cl. The first kappa shape index (κ1) is 17.8. The number of hydrogen-bond acceptors (Lipinski definition) is 5. The van der Waals surface area contributed by atoms with E-state index in [0.717, 1.165) is 33.6 Å². The van der Waals surface area contributed by atoms with Crippen LogP contribution in [0.25, 0.3) is 10.2 Å². The first-order valence-corrected chi connectivity index (χ1v) is 10.8. The Labute approximate surface area is 165 Å². The molecular formula is C19H18ClN3OS2. The maximum absolute atomic E-state index is 12.2. The number of nitrogens with one attached hydrogen (secondary N) is 1. The summed E-state index contributed by atoms with van der Waals surface area (Å²) in [6.45, 7) is 0.437. The van der Waals surface area contributed by atoms with Gasteiger partial charge in [-0.25, -0.2) is 9.97 Å². The van der Waals surface area contributed by atoms with Crippen molar-refractivity contribution in [2.75, 3.05) is 5.75 Å². The van der Waals surface area contributed by atoms with Gasteiger partial charge in [0.05, 0.1) is 5.75 Å². The molecule has 2 aromatic heterocycles. The molecule has 0 bridgehead atoms. The minimum atomic E-state index is -0.0224. The highest BCUT2D eigenvalue weighted by Crippen LogP contribution is 2.39. The number of benzene rings is 1. The lowest BCUT2D eigenvalue weighted by Gasteiger charge is -2.11. The standard InChI is InChI=1S/C19H18ClN3OS2/c20-14-7-3-1-5-12(14)9-21-16(24)10-25-18-17-13-6-2-4-8-15(13)26-19(17)23-11-22-18/h1,3,5,7,11H,2,4,6,8-10H2,(H,21,24). The van der Waals surface area contributed by atoms with Gasteiger partial charge in [-0.05, 0) is 42.9 Å². The van der Waals surface area contributed by atoms with Crippen molar-refractivity contribution in [1.82, 2.24) is 15.3 Å². The maximum Gasteiger partial charge on any atom is 0.230 e. The van der Waals surface area contributed by atoms with Crippen LogP contribution in [0.15, 0.2) is 35.6 Å². The second-order valence-electron chi connectivity index (χ2n) is 6.23. The Bertz CT molecular complexity index is 957. The van der Waals surface area contributed by atoms with Crippen molar-refractivity contribution in [3.05, 3.63) is 51.6 Å². The molecule has 3 aromatic rings. The fraction of sp³-hybridized carbons (Fsp3) is 0.316. The Kier molecular flexibility index (Phi) is 5.43. The zero-order valence-corrected chi connectivity index (χ0v) is 16.5. The van der Waals surface area contributed by atoms with E-state index in [9.17, 15) is 4.79 Å². The minimum absolute atomic E-state index is 0.0224. The highest BCUT2D eigenvalue weighted by molar-refractivity contribution is 8.00. The number of carbonyl (C=O) groups is 1. The Morgan fingerprint density at radius 3 is 2.96 bits per heavy atom. The van der Waals surface area contributed by atoms with Gasteiger partial charge >= 0.3 is 0 Å². The van der Waals surface area contributed by atoms with Gasteiger partial charge in [0.2, 0.25) is 5.91 Å². The summed E-state index contributed by atoms with van der Waals surface area (Å²) in [6, 6.07) is 7.54. The monoisotopic (exact) mass is 403 g/mol. The molecule has 1 aromatic carbocycles. The summed E-state index contributed by atoms with van der Waals surface area (Å²) in [4.78, 5) is 23.6. The van der Waals surface area contributed by atoms with E-state index in [1.165, 1.54) is 35.0 Å². The molecule has 0 aliphatic heterocycles. The third-order valence-corrected chi connectivity index (χ3v) is 7.05. The number of nitrogens with zero attached hydrogens (tertiary/aromatic N) is 2. The van der Waals surface area contributed by atoms with Gasteiger partial charge in [0.25, 0.3) is 0 Å². The van der Waals surface area contributed by atoms with Crippen LogP contribution in [-0.2, 0) is 24.2 Å². The van der Waals surface area contributed by atoms with Crippen LogP contribution >= 0.6 is 34.7 Å². The maximum atomic E-state index is 12.2. The molecule has 0 spiro atoms. The van der Waals surface area contributed by atoms with Crippen LogP contribution in [0.2, 0.25) is 5.02 Å². The summed E-state index contributed by atoms with van der Waals surface area (Å²) in [7, 11) is 0. The van der Waals surface area contributed by atoms with E-state index in [0.29, 0.717) is 17.3 Å². The Balaban J connectivity index is 1.44. The zero-order chi connectivity index (χ0) is 17.9. The van der Waals surface area contributed by atoms with Gasteiger partial charge in [0.1, 0.15) is 16.2 Å². The second kappa shape index (κ2) is 7.94. The molecule has 2 heterocycles. The lowest BCUT2D eigenvalue weighted by atomic mass is 9.97. The van der Waals surface area contributed by atoms with E-state index >= 15 is 0 Å². The summed E-state index contributed by atoms with van der Waals surface area (Å²) >= 11 is 9.39. The average Bonchev–Trinajstić information content (AvgIpc) is 3.05. The van der Waals surface area contributed by atoms with E-state index in [-0.39, 0.29) is 5.91 Å². The lowest BCUT2D eigenvalue weighted by molar-refractivity contribution is -0.118. The van der Waals surface area contributed by atoms with E-state index in [4.69, 9.17) is 11.6 Å². The molecule has 0 fully saturated rings. The Morgan fingerprint density at radius 2 is 2.08 bits per heavy atom. The van der Waals surface area contributed by atoms with Gasteiger partial charge < -0.3 is 5.32 Å². The second-order valence-corrected chi connectivity index (χ2v) is 8.68. The molecule has 26 heavy (non-hydrogen) atoms. The molecule has 0 saturated carbocycles. The van der Waals surface area contributed by atoms with Gasteiger partial charge in [-0.2, -0.15) is 0 Å². The minimum Gasteiger partial charge on any atom is -0.351 e. The third-order valence-electron chi connectivity index (χ3n) is 4.49. The molecule has 1 aliphatic carbocycles. The molecule has 4 nitrogen and oxygen atoms in total. The third kappa shape index (κ3) is 3.72. The number of rotatable bonds is 5. The summed E-state index contributed by atoms with van der Waals surface area (Å²) in [5.74, 6) is 0.312. The quantitative estimate of drug-likeness (QED) is 0.498. The predicted molar refractivity (Wildman–Crippen MR) is 108 cm³/mol. The van der Waals surface area contributed by atoms with E-state index in [1.807, 2.05) is 24.3 Å². The van der Waals surface area contributed by atoms with Crippen LogP contribution in [0.3, 0.4) is 0 Å². The average molecular weight is 404 g/mol. The first-order valence-electron chi connectivity index (χ1n) is 8.60. The number of thioether (sulfide) groups is 1. The van der Waals surface area contributed by atoms with Gasteiger partial charge in [-0.1, -0.05) is 41.6 Å². The topological polar surface area (TPSA) is 54.9 Å². The molecule has 134 valence electrons. The number of carbonyl (C=O) groups excluding carboxylic acids is 1. The van der Waals surface area contributed by atoms with Crippen molar-refractivity contribution in [2.45, 2.75) is 37.3 Å². The smallest absolute Gasteiger partial charge is 0.230 e. The molecule has 1 aliphatic rings. The normalized spacial score (nSPS) is 13.6. The zero-order valence-electron chi connectivity index (χ0n) is 14.1. The number of amides is 1. The van der Waals surface area contributed by atoms with Crippen molar-refractivity contribution in [3.8, 4) is 0 Å². The number of fused-ring (bicyclic) bond motifs is 3. The first-order chi connectivity index (χ1) is 12.7. The van der Waals surface area contributed by atoms with E-state index in [1.54, 1.807) is 17.7 Å². The summed E-state index contributed by atoms with van der Waals surface area (Å²) in [5.41, 5.74) is 2.32. The molecule has 0 unspecified atom stereocenters. The predicted octanol–water partition coefficient (Wildman–Crippen LogP) is 4.63. The number of halogens is 1. The van der Waals surface area contributed by atoms with Crippen molar-refractivity contribution >= 4 is 50.8 Å². The van der Waals surface area contributed by atoms with Gasteiger partial charge in [0, 0.05) is 21.8 Å². The molecule has 1 amide bonds. The molecule has 1 N–H and O–H groups in total.